The van der Waals surface area contributed by atoms with E-state index in [1.54, 1.807) is 0 Å². The van der Waals surface area contributed by atoms with Crippen LogP contribution in [0.3, 0.4) is 0 Å². The predicted octanol–water partition coefficient (Wildman–Crippen LogP) is 5.46. The summed E-state index contributed by atoms with van der Waals surface area (Å²) in [4.78, 5) is 4.25. The van der Waals surface area contributed by atoms with Crippen molar-refractivity contribution in [3.05, 3.63) is 82.9 Å². The molecule has 0 N–H and O–H groups in total. The van der Waals surface area contributed by atoms with Gasteiger partial charge in [0.25, 0.3) is 0 Å². The number of benzene rings is 3. The van der Waals surface area contributed by atoms with Crippen LogP contribution < -0.4 is 14.5 Å². The van der Waals surface area contributed by atoms with Gasteiger partial charge in [-0.25, -0.2) is 0 Å². The Balaban J connectivity index is 1.80. The molecule has 142 valence electrons. The molecule has 2 heterocycles. The van der Waals surface area contributed by atoms with Crippen LogP contribution in [0, 0.1) is 0 Å². The third-order valence-electron chi connectivity index (χ3n) is 5.78. The van der Waals surface area contributed by atoms with E-state index < -0.39 is 0 Å². The van der Waals surface area contributed by atoms with Crippen LogP contribution in [0.1, 0.15) is 22.3 Å². The highest BCUT2D eigenvalue weighted by Crippen LogP contribution is 2.62. The number of nitrogens with zero attached hydrogens (tertiary/aromatic N) is 2. The molecule has 28 heavy (non-hydrogen) atoms. The largest absolute Gasteiger partial charge is 0.456 e. The predicted molar refractivity (Wildman–Crippen MR) is 119 cm³/mol. The molecular weight excluding hydrogens is 364 g/mol. The zero-order valence-corrected chi connectivity index (χ0v) is 17.5. The highest BCUT2D eigenvalue weighted by atomic mass is 32.2. The molecular formula is C24H24N2OS. The Hall–Kier alpha value is -2.59. The van der Waals surface area contributed by atoms with Gasteiger partial charge < -0.3 is 14.5 Å². The molecule has 1 spiro atoms. The van der Waals surface area contributed by atoms with Gasteiger partial charge in [-0.3, -0.25) is 0 Å². The molecule has 0 atom stereocenters. The maximum absolute atomic E-state index is 6.49. The Labute approximate surface area is 170 Å². The van der Waals surface area contributed by atoms with E-state index in [-0.39, 0.29) is 4.75 Å². The molecule has 3 nitrogen and oxygen atoms in total. The van der Waals surface area contributed by atoms with Gasteiger partial charge in [0.2, 0.25) is 0 Å². The minimum absolute atomic E-state index is 0.213. The van der Waals surface area contributed by atoms with Crippen LogP contribution in [0.4, 0.5) is 11.4 Å². The fourth-order valence-electron chi connectivity index (χ4n) is 4.29. The SMILES string of the molecule is CN(C)c1ccc2c(c1)Oc1cc(N(C)C)ccc1C21SCc2ccccc21. The summed E-state index contributed by atoms with van der Waals surface area (Å²) in [5, 5.41) is 0. The highest BCUT2D eigenvalue weighted by molar-refractivity contribution is 8.00. The monoisotopic (exact) mass is 388 g/mol. The van der Waals surface area contributed by atoms with Gasteiger partial charge in [0.05, 0.1) is 4.75 Å². The molecule has 0 aliphatic carbocycles. The number of rotatable bonds is 2. The van der Waals surface area contributed by atoms with E-state index in [0.29, 0.717) is 0 Å². The lowest BCUT2D eigenvalue weighted by Crippen LogP contribution is -2.28. The lowest BCUT2D eigenvalue weighted by molar-refractivity contribution is 0.448. The summed E-state index contributed by atoms with van der Waals surface area (Å²) in [6, 6.07) is 22.1. The normalized spacial score (nSPS) is 15.4. The molecule has 0 amide bonds. The lowest BCUT2D eigenvalue weighted by Gasteiger charge is -2.38. The molecule has 0 aromatic heterocycles. The number of thioether (sulfide) groups is 1. The van der Waals surface area contributed by atoms with Crippen molar-refractivity contribution in [2.24, 2.45) is 0 Å². The summed E-state index contributed by atoms with van der Waals surface area (Å²) < 4.78 is 6.28. The van der Waals surface area contributed by atoms with Gasteiger partial charge in [0.1, 0.15) is 11.5 Å². The quantitative estimate of drug-likeness (QED) is 0.579. The molecule has 3 aromatic carbocycles. The van der Waals surface area contributed by atoms with Gasteiger partial charge in [-0.05, 0) is 23.3 Å². The van der Waals surface area contributed by atoms with Crippen LogP contribution in [-0.4, -0.2) is 28.2 Å². The smallest absolute Gasteiger partial charge is 0.134 e. The molecule has 2 aliphatic rings. The van der Waals surface area contributed by atoms with E-state index in [1.165, 1.54) is 22.3 Å². The lowest BCUT2D eigenvalue weighted by atomic mass is 9.80. The molecule has 0 radical (unpaired) electrons. The zero-order valence-electron chi connectivity index (χ0n) is 16.7. The summed E-state index contributed by atoms with van der Waals surface area (Å²) >= 11 is 2.00. The standard InChI is InChI=1S/C24H24N2OS/c1-25(2)17-9-11-20-22(13-17)27-23-14-18(26(3)4)10-12-21(23)24(20)19-8-6-5-7-16(19)15-28-24/h5-14H,15H2,1-4H3. The molecule has 4 heteroatoms. The summed E-state index contributed by atoms with van der Waals surface area (Å²) in [7, 11) is 8.27. The van der Waals surface area contributed by atoms with Crippen LogP contribution in [-0.2, 0) is 10.5 Å². The molecule has 0 bridgehead atoms. The van der Waals surface area contributed by atoms with E-state index in [4.69, 9.17) is 4.74 Å². The first-order valence-corrected chi connectivity index (χ1v) is 10.5. The topological polar surface area (TPSA) is 15.7 Å². The van der Waals surface area contributed by atoms with E-state index >= 15 is 0 Å². The molecule has 0 saturated carbocycles. The molecule has 0 fully saturated rings. The molecule has 2 aliphatic heterocycles. The minimum atomic E-state index is -0.213. The summed E-state index contributed by atoms with van der Waals surface area (Å²) in [5.41, 5.74) is 7.60. The van der Waals surface area contributed by atoms with Gasteiger partial charge in [-0.15, -0.1) is 11.8 Å². The van der Waals surface area contributed by atoms with Crippen LogP contribution >= 0.6 is 11.8 Å². The Bertz CT molecular complexity index is 1020. The van der Waals surface area contributed by atoms with E-state index in [0.717, 1.165) is 28.6 Å². The van der Waals surface area contributed by atoms with Crippen molar-refractivity contribution in [3.63, 3.8) is 0 Å². The van der Waals surface area contributed by atoms with Crippen molar-refractivity contribution in [1.29, 1.82) is 0 Å². The Morgan fingerprint density at radius 2 is 1.32 bits per heavy atom. The summed E-state index contributed by atoms with van der Waals surface area (Å²) in [5.74, 6) is 2.93. The number of fused-ring (bicyclic) bond motifs is 6. The van der Waals surface area contributed by atoms with E-state index in [1.807, 2.05) is 11.8 Å². The number of hydrogen-bond acceptors (Lipinski definition) is 4. The van der Waals surface area contributed by atoms with Crippen molar-refractivity contribution < 1.29 is 4.74 Å². The second-order valence-corrected chi connectivity index (χ2v) is 9.07. The minimum Gasteiger partial charge on any atom is -0.456 e. The van der Waals surface area contributed by atoms with E-state index in [9.17, 15) is 0 Å². The summed E-state index contributed by atoms with van der Waals surface area (Å²) in [6.45, 7) is 0. The van der Waals surface area contributed by atoms with E-state index in [2.05, 4.69) is 98.7 Å². The molecule has 0 saturated heterocycles. The van der Waals surface area contributed by atoms with Gasteiger partial charge in [-0.1, -0.05) is 36.4 Å². The van der Waals surface area contributed by atoms with Gasteiger partial charge >= 0.3 is 0 Å². The van der Waals surface area contributed by atoms with Gasteiger partial charge in [0, 0.05) is 68.6 Å². The first-order chi connectivity index (χ1) is 13.5. The fraction of sp³-hybridized carbons (Fsp3) is 0.250. The highest BCUT2D eigenvalue weighted by Gasteiger charge is 2.48. The number of ether oxygens (including phenoxy) is 1. The van der Waals surface area contributed by atoms with Gasteiger partial charge in [-0.2, -0.15) is 0 Å². The van der Waals surface area contributed by atoms with Crippen molar-refractivity contribution in [2.45, 2.75) is 10.5 Å². The molecule has 3 aromatic rings. The van der Waals surface area contributed by atoms with Crippen molar-refractivity contribution in [2.75, 3.05) is 38.0 Å². The van der Waals surface area contributed by atoms with Crippen LogP contribution in [0.5, 0.6) is 11.5 Å². The summed E-state index contributed by atoms with van der Waals surface area (Å²) in [6.07, 6.45) is 0. The number of hydrogen-bond donors (Lipinski definition) is 0. The van der Waals surface area contributed by atoms with Gasteiger partial charge in [0.15, 0.2) is 0 Å². The average Bonchev–Trinajstić information content (AvgIpc) is 3.07. The Morgan fingerprint density at radius 1 is 0.750 bits per heavy atom. The maximum Gasteiger partial charge on any atom is 0.134 e. The fourth-order valence-corrected chi connectivity index (χ4v) is 5.92. The maximum atomic E-state index is 6.49. The zero-order chi connectivity index (χ0) is 19.5. The third-order valence-corrected chi connectivity index (χ3v) is 7.33. The van der Waals surface area contributed by atoms with Crippen LogP contribution in [0.15, 0.2) is 60.7 Å². The third kappa shape index (κ3) is 2.37. The second-order valence-electron chi connectivity index (χ2n) is 7.88. The first kappa shape index (κ1) is 17.5. The molecule has 5 rings (SSSR count). The van der Waals surface area contributed by atoms with Crippen LogP contribution in [0.25, 0.3) is 0 Å². The first-order valence-electron chi connectivity index (χ1n) is 9.54. The second kappa shape index (κ2) is 6.21. The van der Waals surface area contributed by atoms with Crippen molar-refractivity contribution in [3.8, 4) is 11.5 Å². The Morgan fingerprint density at radius 3 is 1.89 bits per heavy atom. The number of anilines is 2. The van der Waals surface area contributed by atoms with Crippen LogP contribution in [0.2, 0.25) is 0 Å². The Kier molecular flexibility index (Phi) is 3.88. The average molecular weight is 389 g/mol. The van der Waals surface area contributed by atoms with Crippen molar-refractivity contribution >= 4 is 23.1 Å². The molecule has 0 unspecified atom stereocenters. The van der Waals surface area contributed by atoms with Crippen molar-refractivity contribution in [1.82, 2.24) is 0 Å².